The number of carbonyl (C=O) groups is 1. The van der Waals surface area contributed by atoms with Crippen LogP contribution in [0, 0.1) is 19.7 Å². The maximum absolute atomic E-state index is 12.8. The summed E-state index contributed by atoms with van der Waals surface area (Å²) in [4.78, 5) is 11.9. The van der Waals surface area contributed by atoms with Gasteiger partial charge in [0.15, 0.2) is 0 Å². The Hall–Kier alpha value is -2.20. The number of benzene rings is 2. The van der Waals surface area contributed by atoms with Crippen LogP contribution in [0.25, 0.3) is 0 Å². The lowest BCUT2D eigenvalue weighted by Gasteiger charge is -2.13. The largest absolute Gasteiger partial charge is 0.387 e. The van der Waals surface area contributed by atoms with Gasteiger partial charge in [0.1, 0.15) is 5.82 Å². The summed E-state index contributed by atoms with van der Waals surface area (Å²) < 4.78 is 12.8. The smallest absolute Gasteiger partial charge is 0.220 e. The molecular formula is C19H22FNO2. The standard InChI is InChI=1S/C19H22FNO2/c1-13-3-4-15(14(2)11-13)7-10-19(23)21-12-18(22)16-5-8-17(20)9-6-16/h3-6,8-9,11,18,22H,7,10,12H2,1-2H3,(H,21,23). The van der Waals surface area contributed by atoms with Crippen LogP contribution < -0.4 is 5.32 Å². The molecule has 1 unspecified atom stereocenters. The van der Waals surface area contributed by atoms with Gasteiger partial charge < -0.3 is 10.4 Å². The number of halogens is 1. The van der Waals surface area contributed by atoms with Gasteiger partial charge in [-0.25, -0.2) is 4.39 Å². The predicted molar refractivity (Wildman–Crippen MR) is 88.6 cm³/mol. The Morgan fingerprint density at radius 1 is 1.17 bits per heavy atom. The van der Waals surface area contributed by atoms with Gasteiger partial charge in [-0.3, -0.25) is 4.79 Å². The van der Waals surface area contributed by atoms with Gasteiger partial charge in [0.25, 0.3) is 0 Å². The molecule has 122 valence electrons. The summed E-state index contributed by atoms with van der Waals surface area (Å²) >= 11 is 0. The molecule has 0 heterocycles. The van der Waals surface area contributed by atoms with Crippen LogP contribution in [0.15, 0.2) is 42.5 Å². The van der Waals surface area contributed by atoms with E-state index < -0.39 is 6.10 Å². The van der Waals surface area contributed by atoms with Crippen LogP contribution in [0.5, 0.6) is 0 Å². The highest BCUT2D eigenvalue weighted by Crippen LogP contribution is 2.14. The molecule has 0 aliphatic carbocycles. The van der Waals surface area contributed by atoms with E-state index in [-0.39, 0.29) is 18.3 Å². The van der Waals surface area contributed by atoms with Crippen LogP contribution in [0.3, 0.4) is 0 Å². The number of aliphatic hydroxyl groups excluding tert-OH is 1. The summed E-state index contributed by atoms with van der Waals surface area (Å²) in [5.41, 5.74) is 4.13. The highest BCUT2D eigenvalue weighted by atomic mass is 19.1. The van der Waals surface area contributed by atoms with Gasteiger partial charge in [0, 0.05) is 13.0 Å². The summed E-state index contributed by atoms with van der Waals surface area (Å²) in [6, 6.07) is 11.8. The molecule has 0 spiro atoms. The van der Waals surface area contributed by atoms with Crippen LogP contribution >= 0.6 is 0 Å². The van der Waals surface area contributed by atoms with E-state index in [4.69, 9.17) is 0 Å². The van der Waals surface area contributed by atoms with Crippen LogP contribution in [0.4, 0.5) is 4.39 Å². The summed E-state index contributed by atoms with van der Waals surface area (Å²) in [5, 5.41) is 12.7. The average Bonchev–Trinajstić information content (AvgIpc) is 2.52. The highest BCUT2D eigenvalue weighted by Gasteiger charge is 2.10. The second-order valence-electron chi connectivity index (χ2n) is 5.80. The van der Waals surface area contributed by atoms with Crippen molar-refractivity contribution in [3.63, 3.8) is 0 Å². The van der Waals surface area contributed by atoms with Gasteiger partial charge in [0.2, 0.25) is 5.91 Å². The first-order valence-electron chi connectivity index (χ1n) is 7.72. The minimum Gasteiger partial charge on any atom is -0.387 e. The third kappa shape index (κ3) is 5.18. The van der Waals surface area contributed by atoms with E-state index in [1.165, 1.54) is 35.4 Å². The Morgan fingerprint density at radius 2 is 1.87 bits per heavy atom. The second kappa shape index (κ2) is 7.88. The fourth-order valence-electron chi connectivity index (χ4n) is 2.48. The Balaban J connectivity index is 1.79. The molecule has 1 amide bonds. The van der Waals surface area contributed by atoms with Crippen molar-refractivity contribution in [1.29, 1.82) is 0 Å². The monoisotopic (exact) mass is 315 g/mol. The zero-order chi connectivity index (χ0) is 16.8. The number of nitrogens with one attached hydrogen (secondary N) is 1. The zero-order valence-electron chi connectivity index (χ0n) is 13.5. The molecule has 0 aliphatic rings. The zero-order valence-corrected chi connectivity index (χ0v) is 13.5. The first kappa shape index (κ1) is 17.2. The Kier molecular flexibility index (Phi) is 5.88. The number of carbonyl (C=O) groups excluding carboxylic acids is 1. The molecule has 1 atom stereocenters. The van der Waals surface area contributed by atoms with Crippen molar-refractivity contribution in [2.24, 2.45) is 0 Å². The topological polar surface area (TPSA) is 49.3 Å². The van der Waals surface area contributed by atoms with E-state index in [1.807, 2.05) is 26.0 Å². The molecule has 2 rings (SSSR count). The minimum atomic E-state index is -0.833. The van der Waals surface area contributed by atoms with E-state index in [0.29, 0.717) is 18.4 Å². The number of amides is 1. The van der Waals surface area contributed by atoms with Crippen LogP contribution in [0.2, 0.25) is 0 Å². The normalized spacial score (nSPS) is 12.0. The van der Waals surface area contributed by atoms with Crippen molar-refractivity contribution in [2.75, 3.05) is 6.54 Å². The van der Waals surface area contributed by atoms with Gasteiger partial charge in [-0.05, 0) is 49.1 Å². The number of hydrogen-bond donors (Lipinski definition) is 2. The molecule has 0 bridgehead atoms. The summed E-state index contributed by atoms with van der Waals surface area (Å²) in [6.45, 7) is 4.20. The molecule has 2 aromatic carbocycles. The number of aliphatic hydroxyl groups is 1. The molecule has 0 radical (unpaired) electrons. The van der Waals surface area contributed by atoms with Crippen LogP contribution in [-0.4, -0.2) is 17.6 Å². The van der Waals surface area contributed by atoms with Gasteiger partial charge in [0.05, 0.1) is 6.10 Å². The molecule has 0 aromatic heterocycles. The number of hydrogen-bond acceptors (Lipinski definition) is 2. The lowest BCUT2D eigenvalue weighted by atomic mass is 10.0. The van der Waals surface area contributed by atoms with Crippen molar-refractivity contribution in [2.45, 2.75) is 32.8 Å². The molecule has 3 nitrogen and oxygen atoms in total. The Morgan fingerprint density at radius 3 is 2.52 bits per heavy atom. The van der Waals surface area contributed by atoms with Crippen LogP contribution in [0.1, 0.15) is 34.8 Å². The van der Waals surface area contributed by atoms with Crippen molar-refractivity contribution in [3.05, 3.63) is 70.5 Å². The molecule has 23 heavy (non-hydrogen) atoms. The molecule has 0 aliphatic heterocycles. The van der Waals surface area contributed by atoms with Crippen molar-refractivity contribution in [3.8, 4) is 0 Å². The van der Waals surface area contributed by atoms with E-state index in [0.717, 1.165) is 5.56 Å². The summed E-state index contributed by atoms with van der Waals surface area (Å²) in [5.74, 6) is -0.454. The van der Waals surface area contributed by atoms with Gasteiger partial charge >= 0.3 is 0 Å². The summed E-state index contributed by atoms with van der Waals surface area (Å²) in [7, 11) is 0. The molecule has 0 fully saturated rings. The Bertz CT molecular complexity index is 668. The fraction of sp³-hybridized carbons (Fsp3) is 0.316. The Labute approximate surface area is 136 Å². The molecular weight excluding hydrogens is 293 g/mol. The first-order valence-corrected chi connectivity index (χ1v) is 7.72. The van der Waals surface area contributed by atoms with Gasteiger partial charge in [-0.2, -0.15) is 0 Å². The van der Waals surface area contributed by atoms with Crippen molar-refractivity contribution in [1.82, 2.24) is 5.32 Å². The average molecular weight is 315 g/mol. The lowest BCUT2D eigenvalue weighted by Crippen LogP contribution is -2.28. The molecule has 4 heteroatoms. The second-order valence-corrected chi connectivity index (χ2v) is 5.80. The van der Waals surface area contributed by atoms with Gasteiger partial charge in [-0.15, -0.1) is 0 Å². The molecule has 0 saturated carbocycles. The maximum Gasteiger partial charge on any atom is 0.220 e. The lowest BCUT2D eigenvalue weighted by molar-refractivity contribution is -0.121. The summed E-state index contributed by atoms with van der Waals surface area (Å²) in [6.07, 6.45) is 0.214. The van der Waals surface area contributed by atoms with E-state index in [9.17, 15) is 14.3 Å². The number of rotatable bonds is 6. The maximum atomic E-state index is 12.8. The SMILES string of the molecule is Cc1ccc(CCC(=O)NCC(O)c2ccc(F)cc2)c(C)c1. The quantitative estimate of drug-likeness (QED) is 0.860. The third-order valence-corrected chi connectivity index (χ3v) is 3.87. The van der Waals surface area contributed by atoms with Crippen LogP contribution in [-0.2, 0) is 11.2 Å². The minimum absolute atomic E-state index is 0.105. The highest BCUT2D eigenvalue weighted by molar-refractivity contribution is 5.76. The fourth-order valence-corrected chi connectivity index (χ4v) is 2.48. The molecule has 2 aromatic rings. The predicted octanol–water partition coefficient (Wildman–Crippen LogP) is 3.22. The first-order chi connectivity index (χ1) is 11.0. The van der Waals surface area contributed by atoms with Crippen molar-refractivity contribution >= 4 is 5.91 Å². The van der Waals surface area contributed by atoms with E-state index in [2.05, 4.69) is 11.4 Å². The molecule has 2 N–H and O–H groups in total. The third-order valence-electron chi connectivity index (χ3n) is 3.87. The number of aryl methyl sites for hydroxylation is 3. The molecule has 0 saturated heterocycles. The van der Waals surface area contributed by atoms with E-state index in [1.54, 1.807) is 0 Å². The van der Waals surface area contributed by atoms with Crippen molar-refractivity contribution < 1.29 is 14.3 Å². The van der Waals surface area contributed by atoms with Gasteiger partial charge in [-0.1, -0.05) is 35.9 Å². The van der Waals surface area contributed by atoms with E-state index >= 15 is 0 Å².